The second-order valence-corrected chi connectivity index (χ2v) is 3.25. The number of imide groups is 1. The van der Waals surface area contributed by atoms with E-state index in [0.717, 1.165) is 6.92 Å². The fourth-order valence-corrected chi connectivity index (χ4v) is 0.922. The molecule has 0 bridgehead atoms. The van der Waals surface area contributed by atoms with E-state index in [1.165, 1.54) is 0 Å². The Morgan fingerprint density at radius 3 is 1.71 bits per heavy atom. The first-order valence-electron chi connectivity index (χ1n) is 4.45. The lowest BCUT2D eigenvalue weighted by molar-refractivity contribution is -0.166. The summed E-state index contributed by atoms with van der Waals surface area (Å²) in [7, 11) is 0. The van der Waals surface area contributed by atoms with Crippen molar-refractivity contribution in [3.63, 3.8) is 0 Å². The van der Waals surface area contributed by atoms with Crippen LogP contribution in [0.25, 0.3) is 0 Å². The summed E-state index contributed by atoms with van der Waals surface area (Å²) in [5.41, 5.74) is 0. The molecule has 0 radical (unpaired) electrons. The summed E-state index contributed by atoms with van der Waals surface area (Å²) in [6.07, 6.45) is -9.15. The number of rotatable bonds is 5. The molecule has 0 aliphatic rings. The smallest absolute Gasteiger partial charge is 0.335 e. The fourth-order valence-electron chi connectivity index (χ4n) is 0.922. The Bertz CT molecular complexity index is 317. The van der Waals surface area contributed by atoms with Gasteiger partial charge in [0.2, 0.25) is 5.91 Å². The molecule has 4 atom stereocenters. The molecule has 2 amide bonds. The number of aliphatic carboxylic acids is 1. The minimum atomic E-state index is -2.37. The van der Waals surface area contributed by atoms with Gasteiger partial charge in [0, 0.05) is 6.92 Å². The molecule has 0 rings (SSSR count). The fraction of sp³-hybridized carbons (Fsp3) is 0.625. The Morgan fingerprint density at radius 2 is 1.35 bits per heavy atom. The number of hydrogen-bond acceptors (Lipinski definition) is 7. The lowest BCUT2D eigenvalue weighted by Gasteiger charge is -2.23. The van der Waals surface area contributed by atoms with Crippen molar-refractivity contribution in [3.05, 3.63) is 0 Å². The van der Waals surface area contributed by atoms with Crippen LogP contribution in [-0.4, -0.2) is 67.7 Å². The zero-order valence-electron chi connectivity index (χ0n) is 8.77. The summed E-state index contributed by atoms with van der Waals surface area (Å²) in [5, 5.41) is 46.2. The average molecular weight is 251 g/mol. The van der Waals surface area contributed by atoms with Gasteiger partial charge in [-0.05, 0) is 0 Å². The Hall–Kier alpha value is -1.55. The summed E-state index contributed by atoms with van der Waals surface area (Å²) in [4.78, 5) is 31.7. The van der Waals surface area contributed by atoms with Gasteiger partial charge in [-0.3, -0.25) is 14.9 Å². The number of amides is 2. The lowest BCUT2D eigenvalue weighted by atomic mass is 10.0. The molecule has 0 aliphatic heterocycles. The van der Waals surface area contributed by atoms with Crippen molar-refractivity contribution >= 4 is 17.8 Å². The van der Waals surface area contributed by atoms with Gasteiger partial charge in [-0.1, -0.05) is 0 Å². The predicted octanol–water partition coefficient (Wildman–Crippen LogP) is -3.82. The van der Waals surface area contributed by atoms with Gasteiger partial charge in [-0.25, -0.2) is 4.79 Å². The van der Waals surface area contributed by atoms with Gasteiger partial charge in [-0.2, -0.15) is 0 Å². The first-order chi connectivity index (χ1) is 7.68. The molecule has 6 N–H and O–H groups in total. The van der Waals surface area contributed by atoms with E-state index < -0.39 is 42.2 Å². The molecule has 9 nitrogen and oxygen atoms in total. The molecule has 9 heteroatoms. The number of aliphatic hydroxyl groups excluding tert-OH is 4. The molecule has 0 spiro atoms. The molecule has 0 saturated carbocycles. The normalized spacial score (nSPS) is 17.7. The monoisotopic (exact) mass is 251 g/mol. The van der Waals surface area contributed by atoms with Crippen molar-refractivity contribution in [1.29, 1.82) is 0 Å². The Morgan fingerprint density at radius 1 is 0.941 bits per heavy atom. The van der Waals surface area contributed by atoms with Crippen LogP contribution in [0.4, 0.5) is 0 Å². The minimum absolute atomic E-state index is 0.811. The first kappa shape index (κ1) is 15.4. The third kappa shape index (κ3) is 4.44. The summed E-state index contributed by atoms with van der Waals surface area (Å²) in [6.45, 7) is 0.972. The largest absolute Gasteiger partial charge is 0.479 e. The van der Waals surface area contributed by atoms with Gasteiger partial charge in [0.25, 0.3) is 5.91 Å². The molecule has 0 aromatic heterocycles. The maximum atomic E-state index is 11.0. The summed E-state index contributed by atoms with van der Waals surface area (Å²) in [5.74, 6) is -3.97. The molecule has 17 heavy (non-hydrogen) atoms. The molecule has 0 heterocycles. The molecule has 0 aromatic carbocycles. The number of carboxylic acids is 1. The van der Waals surface area contributed by atoms with Crippen LogP contribution in [0.15, 0.2) is 0 Å². The maximum Gasteiger partial charge on any atom is 0.335 e. The van der Waals surface area contributed by atoms with E-state index in [0.29, 0.717) is 0 Å². The van der Waals surface area contributed by atoms with Crippen LogP contribution in [0, 0.1) is 0 Å². The van der Waals surface area contributed by atoms with E-state index in [2.05, 4.69) is 0 Å². The molecule has 0 aliphatic carbocycles. The second-order valence-electron chi connectivity index (χ2n) is 3.25. The quantitative estimate of drug-likeness (QED) is 0.289. The van der Waals surface area contributed by atoms with Gasteiger partial charge in [0.1, 0.15) is 12.2 Å². The van der Waals surface area contributed by atoms with E-state index in [9.17, 15) is 19.5 Å². The Labute approximate surface area is 95.3 Å². The van der Waals surface area contributed by atoms with Gasteiger partial charge in [0.05, 0.1) is 0 Å². The van der Waals surface area contributed by atoms with Crippen LogP contribution in [0.3, 0.4) is 0 Å². The van der Waals surface area contributed by atoms with Crippen LogP contribution < -0.4 is 5.32 Å². The molecule has 0 saturated heterocycles. The molecule has 0 unspecified atom stereocenters. The van der Waals surface area contributed by atoms with E-state index in [4.69, 9.17) is 20.4 Å². The highest BCUT2D eigenvalue weighted by Gasteiger charge is 2.37. The van der Waals surface area contributed by atoms with E-state index in [1.54, 1.807) is 5.32 Å². The summed E-state index contributed by atoms with van der Waals surface area (Å²) < 4.78 is 0. The number of carbonyl (C=O) groups excluding carboxylic acids is 2. The zero-order chi connectivity index (χ0) is 13.7. The highest BCUT2D eigenvalue weighted by Crippen LogP contribution is 2.05. The van der Waals surface area contributed by atoms with Gasteiger partial charge in [-0.15, -0.1) is 0 Å². The van der Waals surface area contributed by atoms with Crippen LogP contribution in [0.2, 0.25) is 0 Å². The van der Waals surface area contributed by atoms with Crippen LogP contribution in [-0.2, 0) is 14.4 Å². The van der Waals surface area contributed by atoms with Crippen molar-refractivity contribution < 1.29 is 39.9 Å². The summed E-state index contributed by atoms with van der Waals surface area (Å²) in [6, 6.07) is 0. The van der Waals surface area contributed by atoms with E-state index in [-0.39, 0.29) is 0 Å². The van der Waals surface area contributed by atoms with Crippen LogP contribution in [0.5, 0.6) is 0 Å². The predicted molar refractivity (Wildman–Crippen MR) is 50.5 cm³/mol. The van der Waals surface area contributed by atoms with E-state index in [1.807, 2.05) is 0 Å². The van der Waals surface area contributed by atoms with Gasteiger partial charge < -0.3 is 25.5 Å². The van der Waals surface area contributed by atoms with E-state index >= 15 is 0 Å². The van der Waals surface area contributed by atoms with Crippen molar-refractivity contribution in [3.8, 4) is 0 Å². The molecular weight excluding hydrogens is 238 g/mol. The van der Waals surface area contributed by atoms with Crippen molar-refractivity contribution in [1.82, 2.24) is 5.32 Å². The maximum absolute atomic E-state index is 11.0. The molecule has 98 valence electrons. The van der Waals surface area contributed by atoms with Gasteiger partial charge >= 0.3 is 5.97 Å². The first-order valence-corrected chi connectivity index (χ1v) is 4.45. The Balaban J connectivity index is 4.58. The minimum Gasteiger partial charge on any atom is -0.479 e. The third-order valence-corrected chi connectivity index (χ3v) is 1.82. The second kappa shape index (κ2) is 6.25. The standard InChI is InChI=1S/C8H13NO8/c1-2(10)9-7(15)5(13)3(11)4(12)6(14)8(16)17/h3-6,11-14H,1H3,(H,16,17)(H,9,10,15)/t3-,4+,5+,6-/m0/s1. The highest BCUT2D eigenvalue weighted by atomic mass is 16.4. The lowest BCUT2D eigenvalue weighted by Crippen LogP contribution is -2.53. The van der Waals surface area contributed by atoms with Crippen LogP contribution in [0.1, 0.15) is 6.92 Å². The zero-order valence-corrected chi connectivity index (χ0v) is 8.77. The topological polar surface area (TPSA) is 164 Å². The third-order valence-electron chi connectivity index (χ3n) is 1.82. The number of aliphatic hydroxyl groups is 4. The number of carbonyl (C=O) groups is 3. The van der Waals surface area contributed by atoms with Crippen molar-refractivity contribution in [2.75, 3.05) is 0 Å². The average Bonchev–Trinajstić information content (AvgIpc) is 2.23. The molecular formula is C8H13NO8. The van der Waals surface area contributed by atoms with Gasteiger partial charge in [0.15, 0.2) is 12.2 Å². The van der Waals surface area contributed by atoms with Crippen molar-refractivity contribution in [2.45, 2.75) is 31.3 Å². The van der Waals surface area contributed by atoms with Crippen molar-refractivity contribution in [2.24, 2.45) is 0 Å². The van der Waals surface area contributed by atoms with Crippen LogP contribution >= 0.6 is 0 Å². The number of nitrogens with one attached hydrogen (secondary N) is 1. The molecule has 0 fully saturated rings. The highest BCUT2D eigenvalue weighted by molar-refractivity contribution is 5.96. The SMILES string of the molecule is CC(=O)NC(=O)[C@H](O)[C@@H](O)[C@@H](O)[C@H](O)C(=O)O. The number of hydrogen-bond donors (Lipinski definition) is 6. The molecule has 0 aromatic rings. The number of carboxylic acid groups (broad SMARTS) is 1. The Kier molecular flexibility index (Phi) is 5.68. The summed E-state index contributed by atoms with van der Waals surface area (Å²) >= 11 is 0.